The van der Waals surface area contributed by atoms with Crippen LogP contribution in [-0.4, -0.2) is 19.2 Å². The summed E-state index contributed by atoms with van der Waals surface area (Å²) in [5.41, 5.74) is 3.63. The van der Waals surface area contributed by atoms with E-state index in [-0.39, 0.29) is 10.7 Å². The van der Waals surface area contributed by atoms with Crippen molar-refractivity contribution in [3.8, 4) is 0 Å². The molecule has 2 aromatic carbocycles. The molecule has 3 N–H and O–H groups in total. The number of hydrogen-bond acceptors (Lipinski definition) is 5. The molecule has 1 aromatic heterocycles. The highest BCUT2D eigenvalue weighted by Crippen LogP contribution is 2.23. The molecule has 7 heteroatoms. The second kappa shape index (κ2) is 7.30. The highest BCUT2D eigenvalue weighted by molar-refractivity contribution is 7.89. The minimum atomic E-state index is -3.76. The van der Waals surface area contributed by atoms with Crippen LogP contribution in [0.3, 0.4) is 0 Å². The number of carbonyl (C=O) groups is 1. The number of primary sulfonamides is 1. The van der Waals surface area contributed by atoms with Crippen molar-refractivity contribution in [3.63, 3.8) is 0 Å². The molecule has 0 atom stereocenters. The quantitative estimate of drug-likeness (QED) is 0.660. The topological polar surface area (TPSA) is 102 Å². The van der Waals surface area contributed by atoms with Gasteiger partial charge in [0.2, 0.25) is 10.0 Å². The number of ketones is 1. The van der Waals surface area contributed by atoms with Gasteiger partial charge in [-0.1, -0.05) is 17.2 Å². The van der Waals surface area contributed by atoms with Crippen LogP contribution >= 0.6 is 0 Å². The number of hydrogen-bond donors (Lipinski definition) is 2. The lowest BCUT2D eigenvalue weighted by atomic mass is 10.00. The van der Waals surface area contributed by atoms with E-state index in [0.29, 0.717) is 22.6 Å². The highest BCUT2D eigenvalue weighted by atomic mass is 32.2. The number of nitrogens with zero attached hydrogens (tertiary/aromatic N) is 1. The summed E-state index contributed by atoms with van der Waals surface area (Å²) in [5, 5.41) is 8.17. The SMILES string of the molecule is Cc1cc(C)cc(C(=O)c2cccnc2Nc2ccc(S(N)(=O)=O)cc2)c1. The number of anilines is 2. The lowest BCUT2D eigenvalue weighted by Crippen LogP contribution is -2.12. The molecule has 1 heterocycles. The maximum Gasteiger partial charge on any atom is 0.238 e. The summed E-state index contributed by atoms with van der Waals surface area (Å²) in [5.74, 6) is 0.253. The van der Waals surface area contributed by atoms with Crippen LogP contribution in [0.2, 0.25) is 0 Å². The van der Waals surface area contributed by atoms with Gasteiger partial charge in [0, 0.05) is 17.4 Å². The van der Waals surface area contributed by atoms with E-state index in [2.05, 4.69) is 10.3 Å². The van der Waals surface area contributed by atoms with E-state index in [1.54, 1.807) is 30.5 Å². The smallest absolute Gasteiger partial charge is 0.238 e. The normalized spacial score (nSPS) is 11.2. The van der Waals surface area contributed by atoms with Crippen molar-refractivity contribution in [2.45, 2.75) is 18.7 Å². The molecule has 0 unspecified atom stereocenters. The minimum Gasteiger partial charge on any atom is -0.340 e. The van der Waals surface area contributed by atoms with E-state index < -0.39 is 10.0 Å². The van der Waals surface area contributed by atoms with Crippen molar-refractivity contribution in [2.75, 3.05) is 5.32 Å². The molecular weight excluding hydrogens is 362 g/mol. The molecule has 3 aromatic rings. The molecule has 0 aliphatic rings. The van der Waals surface area contributed by atoms with Crippen LogP contribution in [0.15, 0.2) is 65.7 Å². The standard InChI is InChI=1S/C20H19N3O3S/c1-13-10-14(2)12-15(11-13)19(24)18-4-3-9-22-20(18)23-16-5-7-17(8-6-16)27(21,25)26/h3-12H,1-2H3,(H,22,23)(H2,21,25,26). The molecule has 0 saturated carbocycles. The van der Waals surface area contributed by atoms with Gasteiger partial charge in [-0.3, -0.25) is 4.79 Å². The Morgan fingerprint density at radius 3 is 2.22 bits per heavy atom. The Morgan fingerprint density at radius 2 is 1.63 bits per heavy atom. The molecular formula is C20H19N3O3S. The van der Waals surface area contributed by atoms with Crippen molar-refractivity contribution in [1.82, 2.24) is 4.98 Å². The zero-order valence-electron chi connectivity index (χ0n) is 14.9. The predicted octanol–water partition coefficient (Wildman–Crippen LogP) is 3.32. The summed E-state index contributed by atoms with van der Waals surface area (Å²) < 4.78 is 22.7. The van der Waals surface area contributed by atoms with Gasteiger partial charge in [-0.2, -0.15) is 0 Å². The van der Waals surface area contributed by atoms with Crippen LogP contribution in [0.4, 0.5) is 11.5 Å². The van der Waals surface area contributed by atoms with Crippen LogP contribution in [0, 0.1) is 13.8 Å². The van der Waals surface area contributed by atoms with Gasteiger partial charge in [0.15, 0.2) is 5.78 Å². The van der Waals surface area contributed by atoms with Crippen LogP contribution in [-0.2, 0) is 10.0 Å². The number of nitrogens with one attached hydrogen (secondary N) is 1. The van der Waals surface area contributed by atoms with Crippen molar-refractivity contribution in [1.29, 1.82) is 0 Å². The molecule has 0 radical (unpaired) electrons. The Bertz CT molecular complexity index is 1090. The van der Waals surface area contributed by atoms with E-state index in [1.165, 1.54) is 12.1 Å². The minimum absolute atomic E-state index is 0.0145. The van der Waals surface area contributed by atoms with E-state index in [9.17, 15) is 13.2 Å². The Kier molecular flexibility index (Phi) is 5.07. The summed E-state index contributed by atoms with van der Waals surface area (Å²) in [6.45, 7) is 3.89. The summed E-state index contributed by atoms with van der Waals surface area (Å²) in [6, 6.07) is 15.0. The molecule has 0 aliphatic heterocycles. The molecule has 0 bridgehead atoms. The fourth-order valence-electron chi connectivity index (χ4n) is 2.81. The molecule has 0 saturated heterocycles. The zero-order chi connectivity index (χ0) is 19.6. The summed E-state index contributed by atoms with van der Waals surface area (Å²) in [6.07, 6.45) is 1.58. The lowest BCUT2D eigenvalue weighted by molar-refractivity contribution is 0.103. The van der Waals surface area contributed by atoms with Gasteiger partial charge in [-0.15, -0.1) is 0 Å². The number of carbonyl (C=O) groups excluding carboxylic acids is 1. The number of aryl methyl sites for hydroxylation is 2. The second-order valence-corrected chi connectivity index (χ2v) is 7.86. The zero-order valence-corrected chi connectivity index (χ0v) is 15.7. The van der Waals surface area contributed by atoms with Gasteiger partial charge in [0.05, 0.1) is 10.5 Å². The third-order valence-corrected chi connectivity index (χ3v) is 4.91. The lowest BCUT2D eigenvalue weighted by Gasteiger charge is -2.11. The number of rotatable bonds is 5. The summed E-state index contributed by atoms with van der Waals surface area (Å²) in [7, 11) is -3.76. The monoisotopic (exact) mass is 381 g/mol. The van der Waals surface area contributed by atoms with Crippen molar-refractivity contribution >= 4 is 27.3 Å². The van der Waals surface area contributed by atoms with Crippen LogP contribution in [0.5, 0.6) is 0 Å². The Balaban J connectivity index is 1.93. The molecule has 138 valence electrons. The van der Waals surface area contributed by atoms with Crippen LogP contribution < -0.4 is 10.5 Å². The van der Waals surface area contributed by atoms with Crippen molar-refractivity contribution in [2.24, 2.45) is 5.14 Å². The Hall–Kier alpha value is -3.03. The largest absolute Gasteiger partial charge is 0.340 e. The average molecular weight is 381 g/mol. The molecule has 0 amide bonds. The van der Waals surface area contributed by atoms with Gasteiger partial charge < -0.3 is 5.32 Å². The molecule has 0 fully saturated rings. The first-order valence-electron chi connectivity index (χ1n) is 8.22. The van der Waals surface area contributed by atoms with Crippen LogP contribution in [0.25, 0.3) is 0 Å². The molecule has 27 heavy (non-hydrogen) atoms. The van der Waals surface area contributed by atoms with Gasteiger partial charge >= 0.3 is 0 Å². The first-order valence-corrected chi connectivity index (χ1v) is 9.76. The molecule has 0 aliphatic carbocycles. The van der Waals surface area contributed by atoms with E-state index in [4.69, 9.17) is 5.14 Å². The molecule has 0 spiro atoms. The first-order chi connectivity index (χ1) is 12.7. The van der Waals surface area contributed by atoms with E-state index in [0.717, 1.165) is 11.1 Å². The van der Waals surface area contributed by atoms with Gasteiger partial charge in [-0.25, -0.2) is 18.5 Å². The molecule has 6 nitrogen and oxygen atoms in total. The number of sulfonamides is 1. The van der Waals surface area contributed by atoms with Gasteiger partial charge in [0.25, 0.3) is 0 Å². The summed E-state index contributed by atoms with van der Waals surface area (Å²) >= 11 is 0. The third-order valence-electron chi connectivity index (χ3n) is 3.98. The number of benzene rings is 2. The van der Waals surface area contributed by atoms with E-state index >= 15 is 0 Å². The second-order valence-electron chi connectivity index (χ2n) is 6.30. The predicted molar refractivity (Wildman–Crippen MR) is 105 cm³/mol. The maximum absolute atomic E-state index is 13.0. The van der Waals surface area contributed by atoms with Gasteiger partial charge in [-0.05, 0) is 62.4 Å². The first kappa shape index (κ1) is 18.8. The fraction of sp³-hybridized carbons (Fsp3) is 0.100. The Labute approximate surface area is 158 Å². The Morgan fingerprint density at radius 1 is 1.00 bits per heavy atom. The fourth-order valence-corrected chi connectivity index (χ4v) is 3.33. The third kappa shape index (κ3) is 4.39. The summed E-state index contributed by atoms with van der Waals surface area (Å²) in [4.78, 5) is 17.2. The highest BCUT2D eigenvalue weighted by Gasteiger charge is 2.16. The molecule has 3 rings (SSSR count). The van der Waals surface area contributed by atoms with Crippen molar-refractivity contribution in [3.05, 3.63) is 83.0 Å². The number of pyridine rings is 1. The van der Waals surface area contributed by atoms with Gasteiger partial charge in [0.1, 0.15) is 5.82 Å². The number of aromatic nitrogens is 1. The van der Waals surface area contributed by atoms with Crippen LogP contribution in [0.1, 0.15) is 27.0 Å². The maximum atomic E-state index is 13.0. The van der Waals surface area contributed by atoms with E-state index in [1.807, 2.05) is 32.0 Å². The average Bonchev–Trinajstić information content (AvgIpc) is 2.60. The van der Waals surface area contributed by atoms with Crippen molar-refractivity contribution < 1.29 is 13.2 Å². The number of nitrogens with two attached hydrogens (primary N) is 1.